The zero-order chi connectivity index (χ0) is 31.2. The number of anilines is 2. The van der Waals surface area contributed by atoms with Crippen LogP contribution < -0.4 is 4.90 Å². The van der Waals surface area contributed by atoms with Crippen molar-refractivity contribution in [1.29, 1.82) is 0 Å². The molecule has 0 aliphatic heterocycles. The molecule has 0 aliphatic rings. The van der Waals surface area contributed by atoms with Gasteiger partial charge in [-0.25, -0.2) is 0 Å². The van der Waals surface area contributed by atoms with Crippen molar-refractivity contribution in [3.8, 4) is 22.3 Å². The minimum absolute atomic E-state index is 0.683. The number of benzene rings is 8. The second-order valence-electron chi connectivity index (χ2n) is 12.1. The standard InChI is InChI=1S/C45H31NO/c1-2-13-31(14-3-1)34-19-10-20-36(29-34)46(43-26-11-18-32-15-4-8-22-38(32)43)30-35-17-6-7-21-37(35)40-24-12-25-41-42-28-27-33-16-5-9-23-39(33)44(42)47-45(40)41/h1-29H,30H2. The molecule has 9 aromatic rings. The average Bonchev–Trinajstić information content (AvgIpc) is 3.54. The summed E-state index contributed by atoms with van der Waals surface area (Å²) in [5.41, 5.74) is 10.1. The fourth-order valence-corrected chi connectivity index (χ4v) is 7.07. The van der Waals surface area contributed by atoms with Gasteiger partial charge in [-0.2, -0.15) is 0 Å². The van der Waals surface area contributed by atoms with E-state index in [1.165, 1.54) is 44.1 Å². The van der Waals surface area contributed by atoms with Crippen LogP contribution in [0.5, 0.6) is 0 Å². The monoisotopic (exact) mass is 601 g/mol. The molecule has 2 nitrogen and oxygen atoms in total. The highest BCUT2D eigenvalue weighted by Gasteiger charge is 2.19. The van der Waals surface area contributed by atoms with Crippen molar-refractivity contribution in [1.82, 2.24) is 0 Å². The smallest absolute Gasteiger partial charge is 0.143 e. The number of para-hydroxylation sites is 1. The van der Waals surface area contributed by atoms with Gasteiger partial charge < -0.3 is 9.32 Å². The number of hydrogen-bond acceptors (Lipinski definition) is 2. The van der Waals surface area contributed by atoms with Crippen molar-refractivity contribution >= 4 is 54.9 Å². The summed E-state index contributed by atoms with van der Waals surface area (Å²) in [5, 5.41) is 7.06. The predicted molar refractivity (Wildman–Crippen MR) is 198 cm³/mol. The summed E-state index contributed by atoms with van der Waals surface area (Å²) in [6.07, 6.45) is 0. The van der Waals surface area contributed by atoms with Crippen LogP contribution in [-0.4, -0.2) is 0 Å². The van der Waals surface area contributed by atoms with Crippen LogP contribution in [0.4, 0.5) is 11.4 Å². The van der Waals surface area contributed by atoms with E-state index in [9.17, 15) is 0 Å². The van der Waals surface area contributed by atoms with Crippen molar-refractivity contribution in [2.45, 2.75) is 6.54 Å². The maximum absolute atomic E-state index is 6.79. The third-order valence-electron chi connectivity index (χ3n) is 9.35. The molecule has 0 saturated heterocycles. The largest absolute Gasteiger partial charge is 0.455 e. The van der Waals surface area contributed by atoms with E-state index in [1.807, 2.05) is 0 Å². The van der Waals surface area contributed by atoms with Crippen LogP contribution in [0, 0.1) is 0 Å². The van der Waals surface area contributed by atoms with Crippen molar-refractivity contribution in [2.75, 3.05) is 4.90 Å². The average molecular weight is 602 g/mol. The first-order valence-corrected chi connectivity index (χ1v) is 16.1. The van der Waals surface area contributed by atoms with Crippen LogP contribution in [0.25, 0.3) is 65.7 Å². The Morgan fingerprint density at radius 3 is 1.91 bits per heavy atom. The Hall–Kier alpha value is -6.12. The van der Waals surface area contributed by atoms with Gasteiger partial charge in [0, 0.05) is 45.0 Å². The summed E-state index contributed by atoms with van der Waals surface area (Å²) in [7, 11) is 0. The van der Waals surface area contributed by atoms with Gasteiger partial charge in [-0.1, -0.05) is 152 Å². The Morgan fingerprint density at radius 1 is 0.404 bits per heavy atom. The highest BCUT2D eigenvalue weighted by molar-refractivity contribution is 6.17. The normalized spacial score (nSPS) is 11.5. The molecular formula is C45H31NO. The molecular weight excluding hydrogens is 571 g/mol. The van der Waals surface area contributed by atoms with Gasteiger partial charge in [-0.05, 0) is 57.3 Å². The molecule has 0 radical (unpaired) electrons. The van der Waals surface area contributed by atoms with Crippen molar-refractivity contribution in [3.63, 3.8) is 0 Å². The highest BCUT2D eigenvalue weighted by atomic mass is 16.3. The SMILES string of the molecule is c1ccc(-c2cccc(N(Cc3ccccc3-c3cccc4c3oc3c5ccccc5ccc43)c3cccc4ccccc34)c2)cc1. The first-order chi connectivity index (χ1) is 23.3. The quantitative estimate of drug-likeness (QED) is 0.188. The Labute approximate surface area is 273 Å². The zero-order valence-corrected chi connectivity index (χ0v) is 25.8. The van der Waals surface area contributed by atoms with E-state index < -0.39 is 0 Å². The van der Waals surface area contributed by atoms with Crippen molar-refractivity contribution < 1.29 is 4.42 Å². The second kappa shape index (κ2) is 11.3. The van der Waals surface area contributed by atoms with E-state index in [0.717, 1.165) is 38.6 Å². The lowest BCUT2D eigenvalue weighted by Crippen LogP contribution is -2.17. The van der Waals surface area contributed by atoms with E-state index in [1.54, 1.807) is 0 Å². The molecule has 0 amide bonds. The summed E-state index contributed by atoms with van der Waals surface area (Å²) in [4.78, 5) is 2.46. The van der Waals surface area contributed by atoms with Crippen LogP contribution in [0.1, 0.15) is 5.56 Å². The molecule has 1 aromatic heterocycles. The van der Waals surface area contributed by atoms with Gasteiger partial charge in [0.15, 0.2) is 0 Å². The minimum Gasteiger partial charge on any atom is -0.455 e. The molecule has 47 heavy (non-hydrogen) atoms. The van der Waals surface area contributed by atoms with Gasteiger partial charge in [0.05, 0.1) is 0 Å². The number of rotatable bonds is 6. The highest BCUT2D eigenvalue weighted by Crippen LogP contribution is 2.41. The number of fused-ring (bicyclic) bond motifs is 6. The van der Waals surface area contributed by atoms with Gasteiger partial charge in [-0.3, -0.25) is 0 Å². The first-order valence-electron chi connectivity index (χ1n) is 16.1. The third kappa shape index (κ3) is 4.74. The first kappa shape index (κ1) is 27.2. The Bertz CT molecular complexity index is 2560. The van der Waals surface area contributed by atoms with Crippen molar-refractivity contribution in [3.05, 3.63) is 181 Å². The molecule has 0 saturated carbocycles. The van der Waals surface area contributed by atoms with Crippen LogP contribution in [0.2, 0.25) is 0 Å². The van der Waals surface area contributed by atoms with E-state index in [4.69, 9.17) is 4.42 Å². The molecule has 222 valence electrons. The topological polar surface area (TPSA) is 16.4 Å². The maximum atomic E-state index is 6.79. The number of hydrogen-bond donors (Lipinski definition) is 0. The minimum atomic E-state index is 0.683. The molecule has 0 atom stereocenters. The summed E-state index contributed by atoms with van der Waals surface area (Å²) in [5.74, 6) is 0. The molecule has 2 heteroatoms. The van der Waals surface area contributed by atoms with E-state index >= 15 is 0 Å². The molecule has 0 unspecified atom stereocenters. The Kier molecular flexibility index (Phi) is 6.57. The summed E-state index contributed by atoms with van der Waals surface area (Å²) >= 11 is 0. The lowest BCUT2D eigenvalue weighted by Gasteiger charge is -2.28. The summed E-state index contributed by atoms with van der Waals surface area (Å²) in [6.45, 7) is 0.683. The van der Waals surface area contributed by atoms with Crippen LogP contribution in [0.3, 0.4) is 0 Å². The lowest BCUT2D eigenvalue weighted by molar-refractivity contribution is 0.673. The maximum Gasteiger partial charge on any atom is 0.143 e. The lowest BCUT2D eigenvalue weighted by atomic mass is 9.96. The fraction of sp³-hybridized carbons (Fsp3) is 0.0222. The fourth-order valence-electron chi connectivity index (χ4n) is 7.07. The van der Waals surface area contributed by atoms with E-state index in [-0.39, 0.29) is 0 Å². The van der Waals surface area contributed by atoms with Gasteiger partial charge in [0.2, 0.25) is 0 Å². The Balaban J connectivity index is 1.23. The third-order valence-corrected chi connectivity index (χ3v) is 9.35. The van der Waals surface area contributed by atoms with E-state index in [2.05, 4.69) is 181 Å². The number of furan rings is 1. The molecule has 1 heterocycles. The van der Waals surface area contributed by atoms with Gasteiger partial charge >= 0.3 is 0 Å². The predicted octanol–water partition coefficient (Wildman–Crippen LogP) is 12.6. The number of nitrogens with zero attached hydrogens (tertiary/aromatic N) is 1. The summed E-state index contributed by atoms with van der Waals surface area (Å²) < 4.78 is 6.79. The molecule has 0 N–H and O–H groups in total. The molecule has 9 rings (SSSR count). The zero-order valence-electron chi connectivity index (χ0n) is 25.8. The van der Waals surface area contributed by atoms with Crippen LogP contribution in [-0.2, 0) is 6.54 Å². The van der Waals surface area contributed by atoms with Crippen LogP contribution in [0.15, 0.2) is 180 Å². The Morgan fingerprint density at radius 2 is 1.02 bits per heavy atom. The molecule has 0 aliphatic carbocycles. The van der Waals surface area contributed by atoms with Crippen LogP contribution >= 0.6 is 0 Å². The molecule has 8 aromatic carbocycles. The summed E-state index contributed by atoms with van der Waals surface area (Å²) in [6, 6.07) is 62.9. The van der Waals surface area contributed by atoms with Gasteiger partial charge in [0.1, 0.15) is 11.2 Å². The van der Waals surface area contributed by atoms with Crippen molar-refractivity contribution in [2.24, 2.45) is 0 Å². The van der Waals surface area contributed by atoms with Gasteiger partial charge in [-0.15, -0.1) is 0 Å². The van der Waals surface area contributed by atoms with Gasteiger partial charge in [0.25, 0.3) is 0 Å². The second-order valence-corrected chi connectivity index (χ2v) is 12.1. The molecule has 0 fully saturated rings. The molecule has 0 spiro atoms. The van der Waals surface area contributed by atoms with E-state index in [0.29, 0.717) is 6.54 Å². The molecule has 0 bridgehead atoms.